The van der Waals surface area contributed by atoms with Crippen molar-refractivity contribution in [2.75, 3.05) is 14.2 Å². The number of hydrogen-bond donors (Lipinski definition) is 2. The number of aromatic nitrogens is 2. The van der Waals surface area contributed by atoms with Gasteiger partial charge in [0, 0.05) is 5.56 Å². The van der Waals surface area contributed by atoms with Crippen molar-refractivity contribution in [3.63, 3.8) is 0 Å². The van der Waals surface area contributed by atoms with E-state index in [0.717, 1.165) is 5.56 Å². The zero-order valence-corrected chi connectivity index (χ0v) is 15.3. The van der Waals surface area contributed by atoms with E-state index in [1.165, 1.54) is 19.4 Å². The minimum atomic E-state index is -0.615. The Bertz CT molecular complexity index is 1060. The van der Waals surface area contributed by atoms with Gasteiger partial charge >= 0.3 is 5.69 Å². The molecule has 0 saturated carbocycles. The number of rotatable bonds is 6. The molecule has 0 radical (unpaired) electrons. The molecule has 3 aromatic rings. The van der Waals surface area contributed by atoms with E-state index in [1.54, 1.807) is 37.4 Å². The zero-order valence-electron chi connectivity index (χ0n) is 15.3. The van der Waals surface area contributed by atoms with E-state index < -0.39 is 11.6 Å². The first-order valence-electron chi connectivity index (χ1n) is 8.33. The molecule has 0 atom stereocenters. The molecule has 0 saturated heterocycles. The maximum absolute atomic E-state index is 12.3. The van der Waals surface area contributed by atoms with Crippen molar-refractivity contribution in [1.29, 1.82) is 0 Å². The number of nitrogens with one attached hydrogen (secondary N) is 2. The topological polar surface area (TPSA) is 106 Å². The van der Waals surface area contributed by atoms with Crippen LogP contribution in [0.25, 0.3) is 11.3 Å². The van der Waals surface area contributed by atoms with Gasteiger partial charge < -0.3 is 14.5 Å². The first kappa shape index (κ1) is 18.8. The third-order valence-corrected chi connectivity index (χ3v) is 3.85. The highest BCUT2D eigenvalue weighted by molar-refractivity contribution is 5.94. The lowest BCUT2D eigenvalue weighted by Gasteiger charge is -2.07. The molecular formula is C20H18N4O4. The third kappa shape index (κ3) is 4.42. The minimum Gasteiger partial charge on any atom is -0.493 e. The number of hydrogen-bond acceptors (Lipinski definition) is 6. The summed E-state index contributed by atoms with van der Waals surface area (Å²) in [7, 11) is 3.08. The largest absolute Gasteiger partial charge is 0.493 e. The lowest BCUT2D eigenvalue weighted by Crippen LogP contribution is -2.24. The van der Waals surface area contributed by atoms with Gasteiger partial charge in [-0.3, -0.25) is 4.79 Å². The molecule has 0 unspecified atom stereocenters. The highest BCUT2D eigenvalue weighted by Gasteiger charge is 2.10. The normalized spacial score (nSPS) is 10.6. The number of aromatic amines is 1. The number of nitrogens with zero attached hydrogens (tertiary/aromatic N) is 2. The maximum atomic E-state index is 12.3. The predicted octanol–water partition coefficient (Wildman–Crippen LogP) is 2.22. The SMILES string of the molecule is COc1ccc(/C=N/NC(=O)c2cc(-c3ccccc3)nc(=O)[nH]2)cc1OC. The van der Waals surface area contributed by atoms with Crippen LogP contribution >= 0.6 is 0 Å². The van der Waals surface area contributed by atoms with Crippen molar-refractivity contribution in [3.05, 3.63) is 76.3 Å². The average molecular weight is 378 g/mol. The highest BCUT2D eigenvalue weighted by atomic mass is 16.5. The van der Waals surface area contributed by atoms with Crippen LogP contribution in [0.1, 0.15) is 16.1 Å². The van der Waals surface area contributed by atoms with Crippen LogP contribution in [0.4, 0.5) is 0 Å². The van der Waals surface area contributed by atoms with Gasteiger partial charge in [0.1, 0.15) is 5.69 Å². The molecule has 2 aromatic carbocycles. The van der Waals surface area contributed by atoms with Crippen LogP contribution in [-0.4, -0.2) is 36.3 Å². The first-order chi connectivity index (χ1) is 13.6. The van der Waals surface area contributed by atoms with E-state index in [2.05, 4.69) is 20.5 Å². The number of benzene rings is 2. The van der Waals surface area contributed by atoms with Crippen molar-refractivity contribution in [2.24, 2.45) is 5.10 Å². The number of H-pyrrole nitrogens is 1. The standard InChI is InChI=1S/C20H18N4O4/c1-27-17-9-8-13(10-18(17)28-2)12-21-24-19(25)16-11-15(22-20(26)23-16)14-6-4-3-5-7-14/h3-12H,1-2H3,(H,24,25)(H,22,23,26)/b21-12+. The Morgan fingerprint density at radius 3 is 2.54 bits per heavy atom. The molecule has 0 spiro atoms. The van der Waals surface area contributed by atoms with Gasteiger partial charge in [0.05, 0.1) is 26.1 Å². The Balaban J connectivity index is 1.76. The Morgan fingerprint density at radius 2 is 1.82 bits per heavy atom. The molecule has 8 heteroatoms. The van der Waals surface area contributed by atoms with Gasteiger partial charge in [0.25, 0.3) is 5.91 Å². The van der Waals surface area contributed by atoms with E-state index in [9.17, 15) is 9.59 Å². The van der Waals surface area contributed by atoms with Gasteiger partial charge in [0.15, 0.2) is 11.5 Å². The van der Waals surface area contributed by atoms with E-state index in [1.807, 2.05) is 18.2 Å². The highest BCUT2D eigenvalue weighted by Crippen LogP contribution is 2.26. The zero-order chi connectivity index (χ0) is 19.9. The van der Waals surface area contributed by atoms with Crippen LogP contribution < -0.4 is 20.6 Å². The summed E-state index contributed by atoms with van der Waals surface area (Å²) in [4.78, 5) is 30.4. The van der Waals surface area contributed by atoms with Crippen LogP contribution in [0.15, 0.2) is 64.5 Å². The number of amides is 1. The van der Waals surface area contributed by atoms with E-state index in [-0.39, 0.29) is 5.69 Å². The lowest BCUT2D eigenvalue weighted by molar-refractivity contribution is 0.0949. The Morgan fingerprint density at radius 1 is 1.07 bits per heavy atom. The van der Waals surface area contributed by atoms with E-state index in [0.29, 0.717) is 22.8 Å². The fourth-order valence-electron chi connectivity index (χ4n) is 2.50. The molecule has 3 rings (SSSR count). The average Bonchev–Trinajstić information content (AvgIpc) is 2.73. The van der Waals surface area contributed by atoms with Gasteiger partial charge in [0.2, 0.25) is 0 Å². The van der Waals surface area contributed by atoms with Gasteiger partial charge in [-0.15, -0.1) is 0 Å². The molecule has 0 aliphatic carbocycles. The Hall–Kier alpha value is -3.94. The van der Waals surface area contributed by atoms with Crippen molar-refractivity contribution in [1.82, 2.24) is 15.4 Å². The molecule has 0 bridgehead atoms. The molecule has 8 nitrogen and oxygen atoms in total. The molecule has 1 heterocycles. The number of ether oxygens (including phenoxy) is 2. The van der Waals surface area contributed by atoms with Crippen molar-refractivity contribution < 1.29 is 14.3 Å². The molecule has 1 aromatic heterocycles. The van der Waals surface area contributed by atoms with Gasteiger partial charge in [-0.05, 0) is 29.8 Å². The second-order valence-corrected chi connectivity index (χ2v) is 5.66. The summed E-state index contributed by atoms with van der Waals surface area (Å²) in [5.74, 6) is 0.573. The molecule has 0 aliphatic rings. The number of carbonyl (C=O) groups excluding carboxylic acids is 1. The second kappa shape index (κ2) is 8.63. The molecule has 2 N–H and O–H groups in total. The fourth-order valence-corrected chi connectivity index (χ4v) is 2.50. The Kier molecular flexibility index (Phi) is 5.81. The summed E-state index contributed by atoms with van der Waals surface area (Å²) in [5, 5.41) is 3.92. The van der Waals surface area contributed by atoms with Crippen LogP contribution in [-0.2, 0) is 0 Å². The predicted molar refractivity (Wildman–Crippen MR) is 105 cm³/mol. The van der Waals surface area contributed by atoms with Crippen molar-refractivity contribution in [3.8, 4) is 22.8 Å². The fraction of sp³-hybridized carbons (Fsp3) is 0.100. The lowest BCUT2D eigenvalue weighted by atomic mass is 10.1. The Labute approximate surface area is 160 Å². The minimum absolute atomic E-state index is 0.0586. The number of methoxy groups -OCH3 is 2. The van der Waals surface area contributed by atoms with Gasteiger partial charge in [-0.1, -0.05) is 30.3 Å². The molecule has 0 fully saturated rings. The molecular weight excluding hydrogens is 360 g/mol. The van der Waals surface area contributed by atoms with E-state index in [4.69, 9.17) is 9.47 Å². The molecule has 142 valence electrons. The summed E-state index contributed by atoms with van der Waals surface area (Å²) in [6, 6.07) is 15.8. The van der Waals surface area contributed by atoms with Crippen LogP contribution in [0.3, 0.4) is 0 Å². The molecule has 28 heavy (non-hydrogen) atoms. The van der Waals surface area contributed by atoms with Crippen LogP contribution in [0, 0.1) is 0 Å². The molecule has 0 aliphatic heterocycles. The smallest absolute Gasteiger partial charge is 0.346 e. The molecule has 1 amide bonds. The van der Waals surface area contributed by atoms with Gasteiger partial charge in [-0.2, -0.15) is 10.1 Å². The summed E-state index contributed by atoms with van der Waals surface area (Å²) < 4.78 is 10.4. The maximum Gasteiger partial charge on any atom is 0.346 e. The van der Waals surface area contributed by atoms with Crippen LogP contribution in [0.5, 0.6) is 11.5 Å². The van der Waals surface area contributed by atoms with E-state index >= 15 is 0 Å². The van der Waals surface area contributed by atoms with Crippen molar-refractivity contribution >= 4 is 12.1 Å². The summed E-state index contributed by atoms with van der Waals surface area (Å²) in [6.07, 6.45) is 1.46. The third-order valence-electron chi connectivity index (χ3n) is 3.85. The van der Waals surface area contributed by atoms with Crippen molar-refractivity contribution in [2.45, 2.75) is 0 Å². The summed E-state index contributed by atoms with van der Waals surface area (Å²) in [5.41, 5.74) is 3.66. The number of hydrazone groups is 1. The number of carbonyl (C=O) groups is 1. The monoisotopic (exact) mass is 378 g/mol. The quantitative estimate of drug-likeness (QED) is 0.505. The first-order valence-corrected chi connectivity index (χ1v) is 8.33. The van der Waals surface area contributed by atoms with Gasteiger partial charge in [-0.25, -0.2) is 10.2 Å². The summed E-state index contributed by atoms with van der Waals surface area (Å²) >= 11 is 0. The second-order valence-electron chi connectivity index (χ2n) is 5.66. The van der Waals surface area contributed by atoms with Crippen LogP contribution in [0.2, 0.25) is 0 Å². The summed E-state index contributed by atoms with van der Waals surface area (Å²) in [6.45, 7) is 0.